The highest BCUT2D eigenvalue weighted by Crippen LogP contribution is 2.22. The van der Waals surface area contributed by atoms with E-state index < -0.39 is 11.7 Å². The van der Waals surface area contributed by atoms with E-state index >= 15 is 0 Å². The van der Waals surface area contributed by atoms with Gasteiger partial charge >= 0.3 is 0 Å². The number of rotatable bonds is 6. The Morgan fingerprint density at radius 1 is 1.18 bits per heavy atom. The topological polar surface area (TPSA) is 92.2 Å². The first kappa shape index (κ1) is 22.6. The molecule has 1 aliphatic heterocycles. The largest absolute Gasteiger partial charge is 0.325 e. The first-order valence-corrected chi connectivity index (χ1v) is 11.0. The van der Waals surface area contributed by atoms with Crippen LogP contribution in [0.25, 0.3) is 5.82 Å². The third kappa shape index (κ3) is 5.25. The second kappa shape index (κ2) is 9.91. The molecule has 0 aliphatic carbocycles. The zero-order chi connectivity index (χ0) is 23.4. The summed E-state index contributed by atoms with van der Waals surface area (Å²) >= 11 is 0. The summed E-state index contributed by atoms with van der Waals surface area (Å²) in [5, 5.41) is 9.62. The van der Waals surface area contributed by atoms with E-state index in [4.69, 9.17) is 0 Å². The number of carbonyl (C=O) groups excluding carboxylic acids is 2. The highest BCUT2D eigenvalue weighted by Gasteiger charge is 2.21. The van der Waals surface area contributed by atoms with E-state index in [2.05, 4.69) is 32.5 Å². The maximum Gasteiger partial charge on any atom is 0.259 e. The van der Waals surface area contributed by atoms with Crippen LogP contribution in [0.2, 0.25) is 0 Å². The fourth-order valence-corrected chi connectivity index (χ4v) is 4.01. The normalized spacial score (nSPS) is 16.4. The summed E-state index contributed by atoms with van der Waals surface area (Å²) in [6.07, 6.45) is 6.40. The number of piperidine rings is 1. The van der Waals surface area contributed by atoms with Crippen LogP contribution in [0.1, 0.15) is 42.2 Å². The zero-order valence-electron chi connectivity index (χ0n) is 18.7. The Morgan fingerprint density at radius 2 is 2.03 bits per heavy atom. The van der Waals surface area contributed by atoms with Crippen LogP contribution in [0.5, 0.6) is 0 Å². The van der Waals surface area contributed by atoms with Crippen molar-refractivity contribution in [2.45, 2.75) is 39.2 Å². The maximum atomic E-state index is 14.4. The monoisotopic (exact) mass is 450 g/mol. The first-order valence-electron chi connectivity index (χ1n) is 11.0. The van der Waals surface area contributed by atoms with E-state index in [9.17, 15) is 14.0 Å². The molecular weight excluding hydrogens is 423 g/mol. The Bertz CT molecular complexity index is 1150. The summed E-state index contributed by atoms with van der Waals surface area (Å²) in [5.74, 6) is -0.687. The summed E-state index contributed by atoms with van der Waals surface area (Å²) in [4.78, 5) is 31.7. The van der Waals surface area contributed by atoms with Gasteiger partial charge in [0.2, 0.25) is 5.91 Å². The third-order valence-electron chi connectivity index (χ3n) is 5.91. The van der Waals surface area contributed by atoms with E-state index in [1.807, 2.05) is 6.07 Å². The van der Waals surface area contributed by atoms with Gasteiger partial charge in [0.1, 0.15) is 5.82 Å². The minimum absolute atomic E-state index is 0.0193. The van der Waals surface area contributed by atoms with Gasteiger partial charge in [-0.15, -0.1) is 0 Å². The number of halogens is 1. The third-order valence-corrected chi connectivity index (χ3v) is 5.91. The Hall–Kier alpha value is -3.59. The van der Waals surface area contributed by atoms with Crippen molar-refractivity contribution >= 4 is 23.2 Å². The lowest BCUT2D eigenvalue weighted by molar-refractivity contribution is -0.118. The summed E-state index contributed by atoms with van der Waals surface area (Å²) in [6.45, 7) is 5.04. The summed E-state index contributed by atoms with van der Waals surface area (Å²) in [6, 6.07) is 9.87. The predicted octanol–water partition coefficient (Wildman–Crippen LogP) is 3.78. The summed E-state index contributed by atoms with van der Waals surface area (Å²) in [7, 11) is 0. The number of hydrogen-bond acceptors (Lipinski definition) is 5. The van der Waals surface area contributed by atoms with Gasteiger partial charge in [-0.05, 0) is 63.6 Å². The number of aromatic nitrogens is 3. The molecule has 1 saturated heterocycles. The Labute approximate surface area is 191 Å². The van der Waals surface area contributed by atoms with Crippen molar-refractivity contribution in [3.63, 3.8) is 0 Å². The molecule has 1 atom stereocenters. The molecule has 0 radical (unpaired) electrons. The molecule has 172 valence electrons. The molecule has 1 aromatic carbocycles. The van der Waals surface area contributed by atoms with Crippen LogP contribution >= 0.6 is 0 Å². The first-order chi connectivity index (χ1) is 15.9. The molecule has 1 unspecified atom stereocenters. The zero-order valence-corrected chi connectivity index (χ0v) is 18.7. The van der Waals surface area contributed by atoms with Gasteiger partial charge in [-0.25, -0.2) is 14.1 Å². The predicted molar refractivity (Wildman–Crippen MR) is 124 cm³/mol. The van der Waals surface area contributed by atoms with Gasteiger partial charge in [0.05, 0.1) is 29.7 Å². The number of benzene rings is 1. The number of pyridine rings is 1. The van der Waals surface area contributed by atoms with Crippen LogP contribution in [0.4, 0.5) is 15.8 Å². The Kier molecular flexibility index (Phi) is 6.79. The van der Waals surface area contributed by atoms with Gasteiger partial charge in [-0.2, -0.15) is 5.10 Å². The van der Waals surface area contributed by atoms with E-state index in [1.54, 1.807) is 29.9 Å². The molecular formula is C24H27FN6O2. The molecule has 3 heterocycles. The number of amides is 2. The average molecular weight is 451 g/mol. The number of likely N-dealkylation sites (tertiary alicyclic amines) is 1. The van der Waals surface area contributed by atoms with E-state index in [-0.39, 0.29) is 18.1 Å². The summed E-state index contributed by atoms with van der Waals surface area (Å²) < 4.78 is 16.0. The summed E-state index contributed by atoms with van der Waals surface area (Å²) in [5.41, 5.74) is 1.27. The lowest BCUT2D eigenvalue weighted by atomic mass is 10.0. The van der Waals surface area contributed by atoms with Gasteiger partial charge in [-0.3, -0.25) is 14.5 Å². The van der Waals surface area contributed by atoms with Crippen molar-refractivity contribution in [2.24, 2.45) is 0 Å². The molecule has 2 amide bonds. The molecule has 1 fully saturated rings. The van der Waals surface area contributed by atoms with Crippen LogP contribution in [0.15, 0.2) is 48.8 Å². The number of carbonyl (C=O) groups is 2. The minimum atomic E-state index is -0.597. The minimum Gasteiger partial charge on any atom is -0.325 e. The quantitative estimate of drug-likeness (QED) is 0.596. The van der Waals surface area contributed by atoms with Gasteiger partial charge < -0.3 is 10.6 Å². The van der Waals surface area contributed by atoms with Crippen LogP contribution in [0.3, 0.4) is 0 Å². The SMILES string of the molecule is Cc1c(C(=O)Nc2cc(NC(=O)CN3CCCCC3C)ccc2F)cnn1-c1ccccn1. The van der Waals surface area contributed by atoms with Crippen molar-refractivity contribution in [1.82, 2.24) is 19.7 Å². The van der Waals surface area contributed by atoms with Gasteiger partial charge in [0.25, 0.3) is 5.91 Å². The molecule has 9 heteroatoms. The number of anilines is 2. The van der Waals surface area contributed by atoms with Gasteiger partial charge in [0.15, 0.2) is 5.82 Å². The molecule has 1 aliphatic rings. The van der Waals surface area contributed by atoms with Crippen molar-refractivity contribution in [3.8, 4) is 5.82 Å². The molecule has 0 saturated carbocycles. The van der Waals surface area contributed by atoms with Crippen LogP contribution in [-0.4, -0.2) is 50.6 Å². The van der Waals surface area contributed by atoms with E-state index in [1.165, 1.54) is 30.8 Å². The molecule has 4 rings (SSSR count). The van der Waals surface area contributed by atoms with Crippen LogP contribution in [0, 0.1) is 12.7 Å². The second-order valence-corrected chi connectivity index (χ2v) is 8.26. The van der Waals surface area contributed by atoms with Crippen molar-refractivity contribution in [1.29, 1.82) is 0 Å². The average Bonchev–Trinajstić information content (AvgIpc) is 3.19. The molecule has 2 N–H and O–H groups in total. The van der Waals surface area contributed by atoms with Crippen molar-refractivity contribution in [3.05, 3.63) is 65.9 Å². The number of nitrogens with zero attached hydrogens (tertiary/aromatic N) is 4. The van der Waals surface area contributed by atoms with Crippen LogP contribution < -0.4 is 10.6 Å². The van der Waals surface area contributed by atoms with E-state index in [0.717, 1.165) is 19.4 Å². The molecule has 0 bridgehead atoms. The Balaban J connectivity index is 1.44. The molecule has 2 aromatic heterocycles. The maximum absolute atomic E-state index is 14.4. The lowest BCUT2D eigenvalue weighted by Gasteiger charge is -2.32. The molecule has 33 heavy (non-hydrogen) atoms. The van der Waals surface area contributed by atoms with Gasteiger partial charge in [0, 0.05) is 17.9 Å². The smallest absolute Gasteiger partial charge is 0.259 e. The van der Waals surface area contributed by atoms with E-state index in [0.29, 0.717) is 28.8 Å². The Morgan fingerprint density at radius 3 is 2.79 bits per heavy atom. The fraction of sp³-hybridized carbons (Fsp3) is 0.333. The fourth-order valence-electron chi connectivity index (χ4n) is 4.01. The highest BCUT2D eigenvalue weighted by molar-refractivity contribution is 6.05. The number of nitrogens with one attached hydrogen (secondary N) is 2. The van der Waals surface area contributed by atoms with Crippen molar-refractivity contribution < 1.29 is 14.0 Å². The highest BCUT2D eigenvalue weighted by atomic mass is 19.1. The van der Waals surface area contributed by atoms with Crippen molar-refractivity contribution in [2.75, 3.05) is 23.7 Å². The number of hydrogen-bond donors (Lipinski definition) is 2. The van der Waals surface area contributed by atoms with Gasteiger partial charge in [-0.1, -0.05) is 12.5 Å². The lowest BCUT2D eigenvalue weighted by Crippen LogP contribution is -2.42. The molecule has 3 aromatic rings. The van der Waals surface area contributed by atoms with Crippen LogP contribution in [-0.2, 0) is 4.79 Å². The second-order valence-electron chi connectivity index (χ2n) is 8.26. The molecule has 8 nitrogen and oxygen atoms in total. The standard InChI is InChI=1S/C24H27FN6O2/c1-16-7-4-6-12-30(16)15-23(32)28-18-9-10-20(25)21(13-18)29-24(33)19-14-27-31(17(19)2)22-8-3-5-11-26-22/h3,5,8-11,13-14,16H,4,6-7,12,15H2,1-2H3,(H,28,32)(H,29,33). The molecule has 0 spiro atoms.